The molecule has 31 heavy (non-hydrogen) atoms. The number of fused-ring (bicyclic) bond motifs is 1. The van der Waals surface area contributed by atoms with Crippen LogP contribution in [-0.2, 0) is 6.42 Å². The van der Waals surface area contributed by atoms with E-state index in [4.69, 9.17) is 10.5 Å². The van der Waals surface area contributed by atoms with Crippen molar-refractivity contribution in [2.75, 3.05) is 31.6 Å². The number of benzene rings is 2. The molecule has 1 aliphatic heterocycles. The standard InChI is InChI=1S/C24H26N4O2S/c1-27(24(29)30-20-8-3-2-4-9-20)14-15-28-13-5-7-18-17-19(11-12-21(18)28)26-23(25)22-10-6-16-31-22/h2-4,6,8-12,16-17H,5,7,13-15H2,1H3,(H2,25,26). The molecule has 160 valence electrons. The molecule has 6 nitrogen and oxygen atoms in total. The third kappa shape index (κ3) is 5.24. The van der Waals surface area contributed by atoms with Crippen molar-refractivity contribution in [2.24, 2.45) is 10.7 Å². The first-order chi connectivity index (χ1) is 15.1. The number of aliphatic imine (C=N–C) groups is 1. The lowest BCUT2D eigenvalue weighted by atomic mass is 10.0. The Bertz CT molecular complexity index is 1050. The van der Waals surface area contributed by atoms with E-state index in [-0.39, 0.29) is 6.09 Å². The van der Waals surface area contributed by atoms with Crippen LogP contribution in [0.1, 0.15) is 16.9 Å². The van der Waals surface area contributed by atoms with Gasteiger partial charge in [0, 0.05) is 32.4 Å². The van der Waals surface area contributed by atoms with E-state index < -0.39 is 0 Å². The monoisotopic (exact) mass is 434 g/mol. The molecule has 0 aliphatic carbocycles. The van der Waals surface area contributed by atoms with Crippen LogP contribution in [0.5, 0.6) is 5.75 Å². The minimum atomic E-state index is -0.350. The van der Waals surface area contributed by atoms with Crippen LogP contribution in [0.15, 0.2) is 71.0 Å². The third-order valence-electron chi connectivity index (χ3n) is 5.27. The maximum atomic E-state index is 12.3. The molecule has 0 radical (unpaired) electrons. The maximum absolute atomic E-state index is 12.3. The number of likely N-dealkylation sites (N-methyl/N-ethyl adjacent to an activating group) is 1. The van der Waals surface area contributed by atoms with Gasteiger partial charge in [-0.25, -0.2) is 9.79 Å². The smallest absolute Gasteiger partial charge is 0.410 e. The van der Waals surface area contributed by atoms with Crippen LogP contribution >= 0.6 is 11.3 Å². The number of rotatable bonds is 6. The molecule has 4 rings (SSSR count). The van der Waals surface area contributed by atoms with Gasteiger partial charge in [0.05, 0.1) is 10.6 Å². The molecule has 0 saturated carbocycles. The summed E-state index contributed by atoms with van der Waals surface area (Å²) in [6.45, 7) is 2.29. The van der Waals surface area contributed by atoms with Gasteiger partial charge in [-0.3, -0.25) is 0 Å². The summed E-state index contributed by atoms with van der Waals surface area (Å²) in [5, 5.41) is 2.00. The topological polar surface area (TPSA) is 71.2 Å². The number of hydrogen-bond acceptors (Lipinski definition) is 5. The fourth-order valence-electron chi connectivity index (χ4n) is 3.61. The van der Waals surface area contributed by atoms with E-state index in [9.17, 15) is 4.79 Å². The molecular formula is C24H26N4O2S. The predicted octanol–water partition coefficient (Wildman–Crippen LogP) is 4.67. The Balaban J connectivity index is 1.39. The second kappa shape index (κ2) is 9.66. The van der Waals surface area contributed by atoms with Gasteiger partial charge in [0.1, 0.15) is 11.6 Å². The van der Waals surface area contributed by atoms with Gasteiger partial charge in [0.25, 0.3) is 0 Å². The molecule has 0 spiro atoms. The van der Waals surface area contributed by atoms with Crippen molar-refractivity contribution in [3.63, 3.8) is 0 Å². The molecule has 0 unspecified atom stereocenters. The molecule has 7 heteroatoms. The summed E-state index contributed by atoms with van der Waals surface area (Å²) in [4.78, 5) is 21.8. The fourth-order valence-corrected chi connectivity index (χ4v) is 4.24. The first kappa shape index (κ1) is 20.9. The van der Waals surface area contributed by atoms with Gasteiger partial charge in [-0.05, 0) is 60.2 Å². The molecule has 0 bridgehead atoms. The number of amidine groups is 1. The van der Waals surface area contributed by atoms with E-state index in [0.29, 0.717) is 18.1 Å². The number of nitrogens with zero attached hydrogens (tertiary/aromatic N) is 3. The van der Waals surface area contributed by atoms with E-state index >= 15 is 0 Å². The van der Waals surface area contributed by atoms with Crippen LogP contribution in [0.25, 0.3) is 0 Å². The molecule has 2 N–H and O–H groups in total. The molecule has 1 aliphatic rings. The van der Waals surface area contributed by atoms with Crippen molar-refractivity contribution in [3.05, 3.63) is 76.5 Å². The molecule has 0 fully saturated rings. The number of thiophene rings is 1. The Hall–Kier alpha value is -3.32. The summed E-state index contributed by atoms with van der Waals surface area (Å²) in [7, 11) is 1.77. The van der Waals surface area contributed by atoms with Gasteiger partial charge in [0.15, 0.2) is 0 Å². The SMILES string of the molecule is CN(CCN1CCCc2cc(N=C(N)c3cccs3)ccc21)C(=O)Oc1ccccc1. The van der Waals surface area contributed by atoms with Crippen molar-refractivity contribution >= 4 is 34.6 Å². The average molecular weight is 435 g/mol. The van der Waals surface area contributed by atoms with Gasteiger partial charge in [0.2, 0.25) is 0 Å². The molecule has 1 amide bonds. The first-order valence-corrected chi connectivity index (χ1v) is 11.2. The highest BCUT2D eigenvalue weighted by atomic mass is 32.1. The van der Waals surface area contributed by atoms with Crippen LogP contribution < -0.4 is 15.4 Å². The Labute approximate surface area is 186 Å². The highest BCUT2D eigenvalue weighted by Crippen LogP contribution is 2.31. The molecular weight excluding hydrogens is 408 g/mol. The molecule has 0 atom stereocenters. The number of aryl methyl sites for hydroxylation is 1. The quantitative estimate of drug-likeness (QED) is 0.452. The average Bonchev–Trinajstić information content (AvgIpc) is 3.33. The van der Waals surface area contributed by atoms with E-state index in [2.05, 4.69) is 22.0 Å². The summed E-state index contributed by atoms with van der Waals surface area (Å²) in [6.07, 6.45) is 1.73. The lowest BCUT2D eigenvalue weighted by molar-refractivity contribution is 0.164. The third-order valence-corrected chi connectivity index (χ3v) is 6.16. The van der Waals surface area contributed by atoms with E-state index in [1.165, 1.54) is 11.3 Å². The van der Waals surface area contributed by atoms with Gasteiger partial charge in [-0.2, -0.15) is 0 Å². The van der Waals surface area contributed by atoms with Crippen molar-refractivity contribution < 1.29 is 9.53 Å². The van der Waals surface area contributed by atoms with Crippen LogP contribution in [0.4, 0.5) is 16.2 Å². The van der Waals surface area contributed by atoms with Crippen LogP contribution in [0, 0.1) is 0 Å². The van der Waals surface area contributed by atoms with E-state index in [1.807, 2.05) is 41.8 Å². The first-order valence-electron chi connectivity index (χ1n) is 10.3. The summed E-state index contributed by atoms with van der Waals surface area (Å²) in [5.41, 5.74) is 9.47. The predicted molar refractivity (Wildman–Crippen MR) is 127 cm³/mol. The number of carbonyl (C=O) groups is 1. The van der Waals surface area contributed by atoms with Crippen molar-refractivity contribution in [2.45, 2.75) is 12.8 Å². The lowest BCUT2D eigenvalue weighted by Gasteiger charge is -2.32. The van der Waals surface area contributed by atoms with E-state index in [0.717, 1.165) is 36.5 Å². The van der Waals surface area contributed by atoms with Crippen molar-refractivity contribution in [3.8, 4) is 5.75 Å². The Morgan fingerprint density at radius 1 is 1.19 bits per heavy atom. The number of anilines is 1. The number of amides is 1. The summed E-state index contributed by atoms with van der Waals surface area (Å²) in [5.74, 6) is 1.10. The Morgan fingerprint density at radius 3 is 2.81 bits per heavy atom. The number of carbonyl (C=O) groups excluding carboxylic acids is 1. The lowest BCUT2D eigenvalue weighted by Crippen LogP contribution is -2.39. The molecule has 2 aromatic carbocycles. The summed E-state index contributed by atoms with van der Waals surface area (Å²) in [6, 6.07) is 19.3. The zero-order valence-electron chi connectivity index (χ0n) is 17.5. The number of nitrogens with two attached hydrogens (primary N) is 1. The van der Waals surface area contributed by atoms with Crippen LogP contribution in [-0.4, -0.2) is 43.5 Å². The normalized spacial score (nSPS) is 13.6. The zero-order chi connectivity index (χ0) is 21.6. The summed E-state index contributed by atoms with van der Waals surface area (Å²) >= 11 is 1.58. The second-order valence-corrected chi connectivity index (χ2v) is 8.43. The Morgan fingerprint density at radius 2 is 2.03 bits per heavy atom. The van der Waals surface area contributed by atoms with Gasteiger partial charge in [-0.1, -0.05) is 24.3 Å². The molecule has 3 aromatic rings. The maximum Gasteiger partial charge on any atom is 0.415 e. The van der Waals surface area contributed by atoms with Crippen molar-refractivity contribution in [1.82, 2.24) is 4.90 Å². The van der Waals surface area contributed by atoms with Gasteiger partial charge < -0.3 is 20.3 Å². The zero-order valence-corrected chi connectivity index (χ0v) is 18.3. The molecule has 1 aromatic heterocycles. The number of para-hydroxylation sites is 1. The Kier molecular flexibility index (Phi) is 6.52. The van der Waals surface area contributed by atoms with E-state index in [1.54, 1.807) is 35.4 Å². The highest BCUT2D eigenvalue weighted by molar-refractivity contribution is 7.12. The minimum Gasteiger partial charge on any atom is -0.410 e. The van der Waals surface area contributed by atoms with Crippen LogP contribution in [0.2, 0.25) is 0 Å². The highest BCUT2D eigenvalue weighted by Gasteiger charge is 2.19. The second-order valence-electron chi connectivity index (χ2n) is 7.48. The summed E-state index contributed by atoms with van der Waals surface area (Å²) < 4.78 is 5.41. The van der Waals surface area contributed by atoms with Gasteiger partial charge >= 0.3 is 6.09 Å². The van der Waals surface area contributed by atoms with Crippen molar-refractivity contribution in [1.29, 1.82) is 0 Å². The minimum absolute atomic E-state index is 0.350. The number of hydrogen-bond donors (Lipinski definition) is 1. The largest absolute Gasteiger partial charge is 0.415 e. The van der Waals surface area contributed by atoms with Crippen LogP contribution in [0.3, 0.4) is 0 Å². The van der Waals surface area contributed by atoms with Gasteiger partial charge in [-0.15, -0.1) is 11.3 Å². The number of ether oxygens (including phenoxy) is 1. The molecule has 2 heterocycles. The fraction of sp³-hybridized carbons (Fsp3) is 0.250. The molecule has 0 saturated heterocycles.